The van der Waals surface area contributed by atoms with Gasteiger partial charge in [0.1, 0.15) is 5.75 Å². The van der Waals surface area contributed by atoms with Gasteiger partial charge in [0.25, 0.3) is 5.91 Å². The molecule has 0 aliphatic heterocycles. The number of benzene rings is 1. The van der Waals surface area contributed by atoms with Crippen molar-refractivity contribution in [3.8, 4) is 17.8 Å². The minimum Gasteiger partial charge on any atom is -0.467 e. The monoisotopic (exact) mass is 275 g/mol. The Morgan fingerprint density at radius 2 is 1.90 bits per heavy atom. The van der Waals surface area contributed by atoms with E-state index in [2.05, 4.69) is 20.3 Å². The molecule has 0 radical (unpaired) electrons. The lowest BCUT2D eigenvalue weighted by Gasteiger charge is -2.09. The summed E-state index contributed by atoms with van der Waals surface area (Å²) in [5.74, 6) is -0.0610. The summed E-state index contributed by atoms with van der Waals surface area (Å²) in [6, 6.07) is 6.62. The van der Waals surface area contributed by atoms with Crippen LogP contribution in [0.1, 0.15) is 10.4 Å². The van der Waals surface area contributed by atoms with E-state index >= 15 is 0 Å². The van der Waals surface area contributed by atoms with Gasteiger partial charge in [-0.25, -0.2) is 0 Å². The first-order valence-corrected chi connectivity index (χ1v) is 5.68. The van der Waals surface area contributed by atoms with Gasteiger partial charge in [0.05, 0.1) is 12.7 Å². The highest BCUT2D eigenvalue weighted by Crippen LogP contribution is 2.23. The second-order valence-corrected chi connectivity index (χ2v) is 3.64. The summed E-state index contributed by atoms with van der Waals surface area (Å²) in [4.78, 5) is 23.2. The molecule has 0 spiro atoms. The molecule has 0 saturated heterocycles. The molecule has 1 aromatic carbocycles. The largest absolute Gasteiger partial charge is 0.467 e. The second kappa shape index (κ2) is 5.83. The molecule has 20 heavy (non-hydrogen) atoms. The molecule has 2 aromatic rings. The SMILES string of the molecule is CNc1nc(OC)nc(Oc2ccccc2C(N)=O)n1. The number of hydrogen-bond donors (Lipinski definition) is 2. The van der Waals surface area contributed by atoms with Gasteiger partial charge in [-0.05, 0) is 12.1 Å². The number of para-hydroxylation sites is 1. The van der Waals surface area contributed by atoms with Crippen LogP contribution in [0.15, 0.2) is 24.3 Å². The fraction of sp³-hybridized carbons (Fsp3) is 0.167. The number of methoxy groups -OCH3 is 1. The third kappa shape index (κ3) is 2.91. The first-order chi connectivity index (χ1) is 9.63. The molecule has 104 valence electrons. The average molecular weight is 275 g/mol. The van der Waals surface area contributed by atoms with Crippen LogP contribution in [0.25, 0.3) is 0 Å². The highest BCUT2D eigenvalue weighted by atomic mass is 16.5. The Labute approximate surface area is 115 Å². The molecule has 0 atom stereocenters. The lowest BCUT2D eigenvalue weighted by atomic mass is 10.2. The molecule has 0 aliphatic carbocycles. The van der Waals surface area contributed by atoms with E-state index < -0.39 is 5.91 Å². The van der Waals surface area contributed by atoms with E-state index in [0.717, 1.165) is 0 Å². The van der Waals surface area contributed by atoms with Crippen molar-refractivity contribution in [2.75, 3.05) is 19.5 Å². The number of nitrogens with one attached hydrogen (secondary N) is 1. The molecule has 3 N–H and O–H groups in total. The first-order valence-electron chi connectivity index (χ1n) is 5.68. The molecule has 8 nitrogen and oxygen atoms in total. The van der Waals surface area contributed by atoms with Gasteiger partial charge >= 0.3 is 12.0 Å². The van der Waals surface area contributed by atoms with Gasteiger partial charge in [-0.1, -0.05) is 12.1 Å². The number of aromatic nitrogens is 3. The van der Waals surface area contributed by atoms with Gasteiger partial charge in [-0.15, -0.1) is 4.98 Å². The highest BCUT2D eigenvalue weighted by Gasteiger charge is 2.13. The summed E-state index contributed by atoms with van der Waals surface area (Å²) in [5, 5.41) is 2.75. The summed E-state index contributed by atoms with van der Waals surface area (Å²) in [5.41, 5.74) is 5.51. The summed E-state index contributed by atoms with van der Waals surface area (Å²) in [6.07, 6.45) is 0. The molecule has 0 aliphatic rings. The maximum Gasteiger partial charge on any atom is 0.330 e. The van der Waals surface area contributed by atoms with Gasteiger partial charge in [0, 0.05) is 7.05 Å². The summed E-state index contributed by atoms with van der Waals surface area (Å²) in [6.45, 7) is 0. The molecule has 0 fully saturated rings. The Balaban J connectivity index is 2.37. The van der Waals surface area contributed by atoms with Gasteiger partial charge in [-0.3, -0.25) is 4.79 Å². The van der Waals surface area contributed by atoms with Crippen molar-refractivity contribution in [1.82, 2.24) is 15.0 Å². The maximum absolute atomic E-state index is 11.3. The Morgan fingerprint density at radius 3 is 2.55 bits per heavy atom. The third-order valence-electron chi connectivity index (χ3n) is 2.35. The Morgan fingerprint density at radius 1 is 1.20 bits per heavy atom. The van der Waals surface area contributed by atoms with Crippen LogP contribution >= 0.6 is 0 Å². The Kier molecular flexibility index (Phi) is 3.94. The molecule has 8 heteroatoms. The predicted molar refractivity (Wildman–Crippen MR) is 71.0 cm³/mol. The van der Waals surface area contributed by atoms with Crippen molar-refractivity contribution >= 4 is 11.9 Å². The van der Waals surface area contributed by atoms with Crippen molar-refractivity contribution < 1.29 is 14.3 Å². The lowest BCUT2D eigenvalue weighted by Crippen LogP contribution is -2.12. The zero-order chi connectivity index (χ0) is 14.5. The predicted octanol–water partition coefficient (Wildman–Crippen LogP) is 0.813. The van der Waals surface area contributed by atoms with E-state index in [1.54, 1.807) is 31.3 Å². The van der Waals surface area contributed by atoms with E-state index in [1.807, 2.05) is 0 Å². The van der Waals surface area contributed by atoms with E-state index in [1.165, 1.54) is 7.11 Å². The fourth-order valence-electron chi connectivity index (χ4n) is 1.44. The smallest absolute Gasteiger partial charge is 0.330 e. The fourth-order valence-corrected chi connectivity index (χ4v) is 1.44. The van der Waals surface area contributed by atoms with Gasteiger partial charge in [-0.2, -0.15) is 9.97 Å². The molecule has 1 aromatic heterocycles. The van der Waals surface area contributed by atoms with E-state index in [4.69, 9.17) is 15.2 Å². The van der Waals surface area contributed by atoms with Crippen molar-refractivity contribution in [2.45, 2.75) is 0 Å². The van der Waals surface area contributed by atoms with E-state index in [9.17, 15) is 4.79 Å². The van der Waals surface area contributed by atoms with Crippen LogP contribution in [-0.4, -0.2) is 35.0 Å². The zero-order valence-corrected chi connectivity index (χ0v) is 11.0. The van der Waals surface area contributed by atoms with Crippen molar-refractivity contribution in [3.05, 3.63) is 29.8 Å². The third-order valence-corrected chi connectivity index (χ3v) is 2.35. The highest BCUT2D eigenvalue weighted by molar-refractivity contribution is 5.95. The zero-order valence-electron chi connectivity index (χ0n) is 11.0. The minimum atomic E-state index is -0.601. The molecule has 1 amide bonds. The van der Waals surface area contributed by atoms with Crippen molar-refractivity contribution in [2.24, 2.45) is 5.73 Å². The van der Waals surface area contributed by atoms with Gasteiger partial charge in [0.2, 0.25) is 5.95 Å². The molecule has 0 bridgehead atoms. The van der Waals surface area contributed by atoms with Crippen LogP contribution in [0.3, 0.4) is 0 Å². The molecule has 1 heterocycles. The first kappa shape index (κ1) is 13.5. The van der Waals surface area contributed by atoms with Crippen LogP contribution in [0, 0.1) is 0 Å². The van der Waals surface area contributed by atoms with Crippen LogP contribution < -0.4 is 20.5 Å². The standard InChI is InChI=1S/C12H13N5O3/c1-14-10-15-11(19-2)17-12(16-10)20-8-6-4-3-5-7(8)9(13)18/h3-6H,1-2H3,(H2,13,18)(H,14,15,16,17). The number of amides is 1. The molecule has 0 unspecified atom stereocenters. The summed E-state index contributed by atoms with van der Waals surface area (Å²) >= 11 is 0. The number of nitrogens with two attached hydrogens (primary N) is 1. The topological polar surface area (TPSA) is 112 Å². The van der Waals surface area contributed by atoms with Gasteiger partial charge in [0.15, 0.2) is 0 Å². The van der Waals surface area contributed by atoms with Crippen LogP contribution in [0.2, 0.25) is 0 Å². The number of ether oxygens (including phenoxy) is 2. The number of hydrogen-bond acceptors (Lipinski definition) is 7. The van der Waals surface area contributed by atoms with Gasteiger partial charge < -0.3 is 20.5 Å². The van der Waals surface area contributed by atoms with Crippen LogP contribution in [-0.2, 0) is 0 Å². The van der Waals surface area contributed by atoms with Crippen LogP contribution in [0.4, 0.5) is 5.95 Å². The summed E-state index contributed by atoms with van der Waals surface area (Å²) in [7, 11) is 3.08. The number of carbonyl (C=O) groups excluding carboxylic acids is 1. The average Bonchev–Trinajstić information content (AvgIpc) is 2.47. The number of carbonyl (C=O) groups is 1. The number of primary amides is 1. The molecule has 0 saturated carbocycles. The molecular weight excluding hydrogens is 262 g/mol. The second-order valence-electron chi connectivity index (χ2n) is 3.64. The Hall–Kier alpha value is -2.90. The number of nitrogens with zero attached hydrogens (tertiary/aromatic N) is 3. The lowest BCUT2D eigenvalue weighted by molar-refractivity contribution is 0.0998. The van der Waals surface area contributed by atoms with E-state index in [-0.39, 0.29) is 29.3 Å². The molecular formula is C12H13N5O3. The van der Waals surface area contributed by atoms with Crippen molar-refractivity contribution in [3.63, 3.8) is 0 Å². The minimum absolute atomic E-state index is 0.00472. The number of rotatable bonds is 5. The van der Waals surface area contributed by atoms with E-state index in [0.29, 0.717) is 0 Å². The Bertz CT molecular complexity index is 610. The summed E-state index contributed by atoms with van der Waals surface area (Å²) < 4.78 is 10.4. The van der Waals surface area contributed by atoms with Crippen molar-refractivity contribution in [1.29, 1.82) is 0 Å². The number of anilines is 1. The normalized spacial score (nSPS) is 9.90. The molecule has 2 rings (SSSR count). The maximum atomic E-state index is 11.3. The quantitative estimate of drug-likeness (QED) is 0.830. The van der Waals surface area contributed by atoms with Crippen LogP contribution in [0.5, 0.6) is 17.8 Å².